The van der Waals surface area contributed by atoms with Crippen molar-refractivity contribution >= 4 is 33.7 Å². The SMILES string of the molecule is CC1(C)Cc2cn[nH]c2-c2[nH]c3ccc(C(=O)O)cc3c21.COC(=O)c1ccc2[nH]c3c(c2c1)C(C)(C)Cc1cn[nH]c1-3. The van der Waals surface area contributed by atoms with Crippen molar-refractivity contribution in [2.45, 2.75) is 51.4 Å². The number of nitrogens with one attached hydrogen (secondary N) is 4. The third-order valence-corrected chi connectivity index (χ3v) is 8.82. The minimum Gasteiger partial charge on any atom is -0.478 e. The molecule has 0 amide bonds. The molecule has 0 spiro atoms. The molecular formula is C33H32N6O4. The molecule has 2 aliphatic carbocycles. The molecule has 0 fully saturated rings. The first-order chi connectivity index (χ1) is 20.5. The van der Waals surface area contributed by atoms with E-state index in [1.165, 1.54) is 23.8 Å². The molecule has 10 nitrogen and oxygen atoms in total. The van der Waals surface area contributed by atoms with Crippen LogP contribution in [0.1, 0.15) is 70.7 Å². The van der Waals surface area contributed by atoms with E-state index < -0.39 is 5.97 Å². The van der Waals surface area contributed by atoms with Crippen LogP contribution in [0.5, 0.6) is 0 Å². The molecule has 0 radical (unpaired) electrons. The van der Waals surface area contributed by atoms with Crippen molar-refractivity contribution < 1.29 is 19.4 Å². The lowest BCUT2D eigenvalue weighted by molar-refractivity contribution is 0.0600. The van der Waals surface area contributed by atoms with E-state index in [0.717, 1.165) is 63.0 Å². The second kappa shape index (κ2) is 9.19. The Morgan fingerprint density at radius 1 is 0.744 bits per heavy atom. The summed E-state index contributed by atoms with van der Waals surface area (Å²) in [6.45, 7) is 8.81. The van der Waals surface area contributed by atoms with Crippen LogP contribution in [0.15, 0.2) is 48.8 Å². The van der Waals surface area contributed by atoms with Gasteiger partial charge in [0, 0.05) is 32.9 Å². The summed E-state index contributed by atoms with van der Waals surface area (Å²) in [4.78, 5) is 29.9. The van der Waals surface area contributed by atoms with Gasteiger partial charge < -0.3 is 19.8 Å². The lowest BCUT2D eigenvalue weighted by atomic mass is 9.73. The maximum Gasteiger partial charge on any atom is 0.337 e. The van der Waals surface area contributed by atoms with Gasteiger partial charge in [-0.05, 0) is 71.2 Å². The number of aromatic amines is 4. The molecule has 5 N–H and O–H groups in total. The standard InChI is InChI=1S/C17H17N3O2.C16H15N3O2/c1-17(2)7-10-8-18-20-14(10)15-13(17)11-6-9(16(21)22-3)4-5-12(11)19-15;1-16(2)6-9-7-17-19-13(9)14-12(16)10-5-8(15(20)21)3-4-11(10)18-14/h4-6,8,19H,7H2,1-3H3,(H,18,20);3-5,7,18H,6H2,1-2H3,(H,17,19)(H,20,21). The molecule has 0 saturated heterocycles. The van der Waals surface area contributed by atoms with Gasteiger partial charge in [0.1, 0.15) is 0 Å². The highest BCUT2D eigenvalue weighted by molar-refractivity contribution is 6.00. The number of esters is 1. The number of nitrogens with zero attached hydrogens (tertiary/aromatic N) is 2. The van der Waals surface area contributed by atoms with Crippen LogP contribution in [0.25, 0.3) is 44.6 Å². The summed E-state index contributed by atoms with van der Waals surface area (Å²) >= 11 is 0. The van der Waals surface area contributed by atoms with Crippen LogP contribution >= 0.6 is 0 Å². The number of carboxylic acid groups (broad SMARTS) is 1. The Labute approximate surface area is 246 Å². The Kier molecular flexibility index (Phi) is 5.72. The fourth-order valence-electron chi connectivity index (χ4n) is 6.99. The summed E-state index contributed by atoms with van der Waals surface area (Å²) in [6, 6.07) is 10.9. The molecular weight excluding hydrogens is 544 g/mol. The number of benzene rings is 2. The second-order valence-corrected chi connectivity index (χ2v) is 12.7. The van der Waals surface area contributed by atoms with Gasteiger partial charge in [-0.1, -0.05) is 27.7 Å². The molecule has 218 valence electrons. The third kappa shape index (κ3) is 4.08. The lowest BCUT2D eigenvalue weighted by Gasteiger charge is -2.30. The maximum absolute atomic E-state index is 11.8. The number of carbonyl (C=O) groups is 2. The van der Waals surface area contributed by atoms with Gasteiger partial charge in [0.15, 0.2) is 0 Å². The Morgan fingerprint density at radius 2 is 1.21 bits per heavy atom. The Bertz CT molecular complexity index is 2090. The highest BCUT2D eigenvalue weighted by Gasteiger charge is 2.36. The number of methoxy groups -OCH3 is 1. The van der Waals surface area contributed by atoms with Crippen LogP contribution in [-0.2, 0) is 28.4 Å². The summed E-state index contributed by atoms with van der Waals surface area (Å²) in [6.07, 6.45) is 5.57. The first-order valence-corrected chi connectivity index (χ1v) is 14.2. The molecule has 2 aliphatic rings. The molecule has 0 atom stereocenters. The second-order valence-electron chi connectivity index (χ2n) is 12.7. The van der Waals surface area contributed by atoms with Crippen LogP contribution < -0.4 is 0 Å². The number of carbonyl (C=O) groups excluding carboxylic acids is 1. The quantitative estimate of drug-likeness (QED) is 0.153. The smallest absolute Gasteiger partial charge is 0.337 e. The number of hydrogen-bond acceptors (Lipinski definition) is 5. The van der Waals surface area contributed by atoms with E-state index in [9.17, 15) is 14.7 Å². The first-order valence-electron chi connectivity index (χ1n) is 14.2. The first kappa shape index (κ1) is 26.8. The van der Waals surface area contributed by atoms with E-state index in [1.807, 2.05) is 30.6 Å². The number of ether oxygens (including phenoxy) is 1. The number of rotatable bonds is 2. The average Bonchev–Trinajstić information content (AvgIpc) is 3.75. The Morgan fingerprint density at radius 3 is 1.67 bits per heavy atom. The molecule has 4 heterocycles. The fraction of sp³-hybridized carbons (Fsp3) is 0.273. The lowest BCUT2D eigenvalue weighted by Crippen LogP contribution is -2.24. The van der Waals surface area contributed by atoms with Gasteiger partial charge in [-0.25, -0.2) is 9.59 Å². The number of hydrogen-bond donors (Lipinski definition) is 5. The minimum atomic E-state index is -0.900. The monoisotopic (exact) mass is 576 g/mol. The zero-order valence-corrected chi connectivity index (χ0v) is 24.6. The molecule has 0 aliphatic heterocycles. The third-order valence-electron chi connectivity index (χ3n) is 8.82. The van der Waals surface area contributed by atoms with E-state index >= 15 is 0 Å². The zero-order valence-electron chi connectivity index (χ0n) is 24.6. The predicted molar refractivity (Wildman–Crippen MR) is 164 cm³/mol. The molecule has 2 aromatic carbocycles. The van der Waals surface area contributed by atoms with E-state index in [-0.39, 0.29) is 16.8 Å². The molecule has 0 unspecified atom stereocenters. The Hall–Kier alpha value is -5.12. The number of H-pyrrole nitrogens is 4. The number of fused-ring (bicyclic) bond motifs is 10. The summed E-state index contributed by atoms with van der Waals surface area (Å²) in [5, 5.41) is 25.7. The fourth-order valence-corrected chi connectivity index (χ4v) is 6.99. The van der Waals surface area contributed by atoms with Crippen LogP contribution in [0.3, 0.4) is 0 Å². The van der Waals surface area contributed by atoms with Crippen molar-refractivity contribution in [3.63, 3.8) is 0 Å². The van der Waals surface area contributed by atoms with E-state index in [1.54, 1.807) is 18.2 Å². The van der Waals surface area contributed by atoms with Crippen molar-refractivity contribution in [1.29, 1.82) is 0 Å². The van der Waals surface area contributed by atoms with Crippen LogP contribution in [0.2, 0.25) is 0 Å². The van der Waals surface area contributed by atoms with Crippen molar-refractivity contribution in [3.05, 3.63) is 82.2 Å². The zero-order chi connectivity index (χ0) is 30.3. The van der Waals surface area contributed by atoms with Crippen LogP contribution in [0, 0.1) is 0 Å². The summed E-state index contributed by atoms with van der Waals surface area (Å²) < 4.78 is 4.84. The molecule has 8 rings (SSSR count). The van der Waals surface area contributed by atoms with Gasteiger partial charge in [-0.15, -0.1) is 0 Å². The van der Waals surface area contributed by atoms with Gasteiger partial charge in [-0.2, -0.15) is 10.2 Å². The van der Waals surface area contributed by atoms with Gasteiger partial charge in [0.05, 0.1) is 53.4 Å². The number of aromatic carboxylic acids is 1. The molecule has 10 heteroatoms. The molecule has 0 bridgehead atoms. The van der Waals surface area contributed by atoms with Crippen molar-refractivity contribution in [2.24, 2.45) is 0 Å². The molecule has 43 heavy (non-hydrogen) atoms. The number of aromatic nitrogens is 6. The predicted octanol–water partition coefficient (Wildman–Crippen LogP) is 6.27. The normalized spacial score (nSPS) is 15.6. The number of carboxylic acids is 1. The van der Waals surface area contributed by atoms with E-state index in [0.29, 0.717) is 11.1 Å². The van der Waals surface area contributed by atoms with Gasteiger partial charge in [-0.3, -0.25) is 10.2 Å². The minimum absolute atomic E-state index is 0.0286. The summed E-state index contributed by atoms with van der Waals surface area (Å²) in [5.74, 6) is -1.21. The topological polar surface area (TPSA) is 153 Å². The van der Waals surface area contributed by atoms with Gasteiger partial charge in [0.25, 0.3) is 0 Å². The average molecular weight is 577 g/mol. The summed E-state index contributed by atoms with van der Waals surface area (Å²) in [5.41, 5.74) is 11.7. The van der Waals surface area contributed by atoms with E-state index in [4.69, 9.17) is 4.74 Å². The Balaban J connectivity index is 0.000000140. The van der Waals surface area contributed by atoms with Crippen molar-refractivity contribution in [1.82, 2.24) is 30.4 Å². The van der Waals surface area contributed by atoms with Crippen molar-refractivity contribution in [3.8, 4) is 22.8 Å². The highest BCUT2D eigenvalue weighted by Crippen LogP contribution is 2.47. The maximum atomic E-state index is 11.8. The van der Waals surface area contributed by atoms with Crippen molar-refractivity contribution in [2.75, 3.05) is 7.11 Å². The summed E-state index contributed by atoms with van der Waals surface area (Å²) in [7, 11) is 1.40. The molecule has 4 aromatic heterocycles. The van der Waals surface area contributed by atoms with E-state index in [2.05, 4.69) is 58.1 Å². The van der Waals surface area contributed by atoms with Crippen LogP contribution in [0.4, 0.5) is 0 Å². The van der Waals surface area contributed by atoms with Gasteiger partial charge in [0.2, 0.25) is 0 Å². The van der Waals surface area contributed by atoms with Gasteiger partial charge >= 0.3 is 11.9 Å². The largest absolute Gasteiger partial charge is 0.478 e. The molecule has 0 saturated carbocycles. The van der Waals surface area contributed by atoms with Crippen LogP contribution in [-0.4, -0.2) is 54.5 Å². The highest BCUT2D eigenvalue weighted by atomic mass is 16.5. The molecule has 6 aromatic rings.